The number of nitrogens with one attached hydrogen (secondary N) is 1. The molecule has 1 nitrogen and oxygen atoms in total. The molecule has 0 saturated heterocycles. The van der Waals surface area contributed by atoms with Crippen LogP contribution in [0.2, 0.25) is 0 Å². The summed E-state index contributed by atoms with van der Waals surface area (Å²) in [6, 6.07) is 11.4. The van der Waals surface area contributed by atoms with Crippen LogP contribution in [-0.2, 0) is 13.1 Å². The Morgan fingerprint density at radius 2 is 1.82 bits per heavy atom. The fourth-order valence-corrected chi connectivity index (χ4v) is 2.32. The fraction of sp³-hybridized carbons (Fsp3) is 0.200. The van der Waals surface area contributed by atoms with Gasteiger partial charge in [-0.2, -0.15) is 0 Å². The van der Waals surface area contributed by atoms with Crippen LogP contribution in [-0.4, -0.2) is 0 Å². The van der Waals surface area contributed by atoms with Crippen LogP contribution in [0.5, 0.6) is 0 Å². The third kappa shape index (κ3) is 1.85. The van der Waals surface area contributed by atoms with E-state index in [2.05, 4.69) is 17.4 Å². The fourth-order valence-electron chi connectivity index (χ4n) is 2.32. The van der Waals surface area contributed by atoms with E-state index in [-0.39, 0.29) is 5.82 Å². The lowest BCUT2D eigenvalue weighted by molar-refractivity contribution is 0.631. The zero-order chi connectivity index (χ0) is 11.8. The van der Waals surface area contributed by atoms with Crippen LogP contribution in [0.15, 0.2) is 36.4 Å². The van der Waals surface area contributed by atoms with Crippen molar-refractivity contribution < 1.29 is 4.39 Å². The lowest BCUT2D eigenvalue weighted by atomic mass is 9.99. The molecule has 0 bridgehead atoms. The molecule has 0 aromatic heterocycles. The topological polar surface area (TPSA) is 12.0 Å². The van der Waals surface area contributed by atoms with Gasteiger partial charge in [0.05, 0.1) is 0 Å². The molecule has 2 heteroatoms. The number of hydrogen-bond acceptors (Lipinski definition) is 1. The Morgan fingerprint density at radius 1 is 1.00 bits per heavy atom. The molecule has 0 radical (unpaired) electrons. The van der Waals surface area contributed by atoms with Crippen LogP contribution in [0, 0.1) is 12.7 Å². The van der Waals surface area contributed by atoms with E-state index in [0.29, 0.717) is 5.56 Å². The van der Waals surface area contributed by atoms with Gasteiger partial charge in [0.15, 0.2) is 0 Å². The van der Waals surface area contributed by atoms with Crippen LogP contribution < -0.4 is 5.32 Å². The molecule has 3 rings (SSSR count). The molecule has 0 unspecified atom stereocenters. The molecule has 0 amide bonds. The molecule has 2 aromatic carbocycles. The van der Waals surface area contributed by atoms with Gasteiger partial charge in [-0.05, 0) is 41.8 Å². The van der Waals surface area contributed by atoms with Crippen molar-refractivity contribution in [2.75, 3.05) is 0 Å². The minimum Gasteiger partial charge on any atom is -0.309 e. The van der Waals surface area contributed by atoms with Gasteiger partial charge in [0.25, 0.3) is 0 Å². The van der Waals surface area contributed by atoms with E-state index in [0.717, 1.165) is 24.2 Å². The molecule has 0 atom stereocenters. The van der Waals surface area contributed by atoms with Crippen LogP contribution in [0.1, 0.15) is 16.7 Å². The number of hydrogen-bond donors (Lipinski definition) is 1. The second kappa shape index (κ2) is 3.97. The van der Waals surface area contributed by atoms with E-state index in [1.165, 1.54) is 17.2 Å². The molecule has 1 N–H and O–H groups in total. The van der Waals surface area contributed by atoms with E-state index in [9.17, 15) is 4.39 Å². The zero-order valence-corrected chi connectivity index (χ0v) is 9.76. The van der Waals surface area contributed by atoms with Crippen LogP contribution in [0.3, 0.4) is 0 Å². The SMILES string of the molecule is Cc1ccc(F)c(-c2ccc3c(c2)CNC3)c1. The highest BCUT2D eigenvalue weighted by atomic mass is 19.1. The van der Waals surface area contributed by atoms with E-state index < -0.39 is 0 Å². The predicted octanol–water partition coefficient (Wildman–Crippen LogP) is 3.40. The maximum Gasteiger partial charge on any atom is 0.131 e. The molecular formula is C15H14FN. The van der Waals surface area contributed by atoms with Gasteiger partial charge in [0.1, 0.15) is 5.82 Å². The molecule has 0 saturated carbocycles. The molecule has 0 spiro atoms. The Kier molecular flexibility index (Phi) is 2.45. The summed E-state index contributed by atoms with van der Waals surface area (Å²) < 4.78 is 13.8. The average Bonchev–Trinajstić information content (AvgIpc) is 2.79. The number of halogens is 1. The van der Waals surface area contributed by atoms with E-state index in [1.807, 2.05) is 19.1 Å². The summed E-state index contributed by atoms with van der Waals surface area (Å²) in [5.41, 5.74) is 5.35. The number of benzene rings is 2. The lowest BCUT2D eigenvalue weighted by Gasteiger charge is -2.07. The van der Waals surface area contributed by atoms with Gasteiger partial charge in [-0.1, -0.05) is 23.8 Å². The van der Waals surface area contributed by atoms with Crippen LogP contribution in [0.25, 0.3) is 11.1 Å². The summed E-state index contributed by atoms with van der Waals surface area (Å²) in [5, 5.41) is 3.30. The first kappa shape index (κ1) is 10.5. The molecule has 0 aliphatic carbocycles. The van der Waals surface area contributed by atoms with Gasteiger partial charge in [0, 0.05) is 18.7 Å². The largest absolute Gasteiger partial charge is 0.309 e. The van der Waals surface area contributed by atoms with E-state index in [1.54, 1.807) is 6.07 Å². The standard InChI is InChI=1S/C15H14FN/c1-10-2-5-15(16)14(6-10)11-3-4-12-8-17-9-13(12)7-11/h2-7,17H,8-9H2,1H3. The summed E-state index contributed by atoms with van der Waals surface area (Å²) in [7, 11) is 0. The van der Waals surface area contributed by atoms with Gasteiger partial charge in [-0.3, -0.25) is 0 Å². The van der Waals surface area contributed by atoms with Gasteiger partial charge in [0.2, 0.25) is 0 Å². The van der Waals surface area contributed by atoms with Crippen molar-refractivity contribution in [2.24, 2.45) is 0 Å². The first-order chi connectivity index (χ1) is 8.24. The Morgan fingerprint density at radius 3 is 2.71 bits per heavy atom. The minimum absolute atomic E-state index is 0.151. The Hall–Kier alpha value is -1.67. The van der Waals surface area contributed by atoms with Crippen molar-refractivity contribution >= 4 is 0 Å². The van der Waals surface area contributed by atoms with E-state index in [4.69, 9.17) is 0 Å². The number of fused-ring (bicyclic) bond motifs is 1. The monoisotopic (exact) mass is 227 g/mol. The third-order valence-electron chi connectivity index (χ3n) is 3.27. The Labute approximate surface area is 100 Å². The summed E-state index contributed by atoms with van der Waals surface area (Å²) in [6.07, 6.45) is 0. The van der Waals surface area contributed by atoms with Gasteiger partial charge < -0.3 is 5.32 Å². The predicted molar refractivity (Wildman–Crippen MR) is 67.1 cm³/mol. The van der Waals surface area contributed by atoms with Crippen LogP contribution in [0.4, 0.5) is 4.39 Å². The first-order valence-electron chi connectivity index (χ1n) is 5.83. The molecule has 1 aliphatic rings. The Balaban J connectivity index is 2.12. The molecular weight excluding hydrogens is 213 g/mol. The highest BCUT2D eigenvalue weighted by Crippen LogP contribution is 2.27. The lowest BCUT2D eigenvalue weighted by Crippen LogP contribution is -1.99. The minimum atomic E-state index is -0.151. The maximum atomic E-state index is 13.8. The first-order valence-corrected chi connectivity index (χ1v) is 5.83. The molecule has 86 valence electrons. The summed E-state index contributed by atoms with van der Waals surface area (Å²) in [6.45, 7) is 3.79. The number of rotatable bonds is 1. The van der Waals surface area contributed by atoms with Crippen molar-refractivity contribution in [1.29, 1.82) is 0 Å². The van der Waals surface area contributed by atoms with Crippen molar-refractivity contribution in [1.82, 2.24) is 5.32 Å². The van der Waals surface area contributed by atoms with Gasteiger partial charge in [-0.25, -0.2) is 4.39 Å². The van der Waals surface area contributed by atoms with Crippen molar-refractivity contribution in [2.45, 2.75) is 20.0 Å². The molecule has 2 aromatic rings. The van der Waals surface area contributed by atoms with Crippen molar-refractivity contribution in [3.63, 3.8) is 0 Å². The quantitative estimate of drug-likeness (QED) is 0.787. The molecule has 0 fully saturated rings. The van der Waals surface area contributed by atoms with Crippen molar-refractivity contribution in [3.8, 4) is 11.1 Å². The summed E-state index contributed by atoms with van der Waals surface area (Å²) >= 11 is 0. The average molecular weight is 227 g/mol. The molecule has 17 heavy (non-hydrogen) atoms. The van der Waals surface area contributed by atoms with Crippen LogP contribution >= 0.6 is 0 Å². The summed E-state index contributed by atoms with van der Waals surface area (Å²) in [5.74, 6) is -0.151. The third-order valence-corrected chi connectivity index (χ3v) is 3.27. The normalized spacial score (nSPS) is 13.8. The zero-order valence-electron chi connectivity index (χ0n) is 9.76. The maximum absolute atomic E-state index is 13.8. The highest BCUT2D eigenvalue weighted by Gasteiger charge is 2.12. The Bertz CT molecular complexity index is 575. The highest BCUT2D eigenvalue weighted by molar-refractivity contribution is 5.66. The van der Waals surface area contributed by atoms with E-state index >= 15 is 0 Å². The molecule has 1 heterocycles. The summed E-state index contributed by atoms with van der Waals surface area (Å²) in [4.78, 5) is 0. The van der Waals surface area contributed by atoms with Gasteiger partial charge in [-0.15, -0.1) is 0 Å². The van der Waals surface area contributed by atoms with Crippen molar-refractivity contribution in [3.05, 3.63) is 58.9 Å². The second-order valence-corrected chi connectivity index (χ2v) is 4.57. The number of aryl methyl sites for hydroxylation is 1. The second-order valence-electron chi connectivity index (χ2n) is 4.57. The van der Waals surface area contributed by atoms with Gasteiger partial charge >= 0.3 is 0 Å². The molecule has 1 aliphatic heterocycles. The smallest absolute Gasteiger partial charge is 0.131 e.